The van der Waals surface area contributed by atoms with Gasteiger partial charge >= 0.3 is 6.03 Å². The van der Waals surface area contributed by atoms with Crippen molar-refractivity contribution in [3.05, 3.63) is 11.1 Å². The summed E-state index contributed by atoms with van der Waals surface area (Å²) in [5.74, 6) is 0. The summed E-state index contributed by atoms with van der Waals surface area (Å²) in [5.41, 5.74) is -0.547. The molecule has 102 valence electrons. The fourth-order valence-electron chi connectivity index (χ4n) is 1.59. The third-order valence-corrected chi connectivity index (χ3v) is 4.21. The number of amides is 2. The highest BCUT2D eigenvalue weighted by Crippen LogP contribution is 2.19. The lowest BCUT2D eigenvalue weighted by molar-refractivity contribution is 0.155. The van der Waals surface area contributed by atoms with Crippen LogP contribution in [0.3, 0.4) is 0 Å². The van der Waals surface area contributed by atoms with Crippen LogP contribution in [0.1, 0.15) is 38.5 Å². The molecule has 0 bridgehead atoms. The van der Waals surface area contributed by atoms with E-state index in [0.29, 0.717) is 18.0 Å². The fraction of sp³-hybridized carbons (Fsp3) is 0.667. The van der Waals surface area contributed by atoms with Crippen LogP contribution in [-0.4, -0.2) is 28.3 Å². The van der Waals surface area contributed by atoms with E-state index in [0.717, 1.165) is 11.3 Å². The number of aromatic nitrogens is 1. The van der Waals surface area contributed by atoms with Crippen molar-refractivity contribution in [2.75, 3.05) is 11.9 Å². The van der Waals surface area contributed by atoms with E-state index in [1.807, 2.05) is 20.8 Å². The van der Waals surface area contributed by atoms with Gasteiger partial charge in [-0.3, -0.25) is 5.32 Å². The molecule has 0 atom stereocenters. The zero-order valence-electron chi connectivity index (χ0n) is 11.1. The molecule has 3 N–H and O–H groups in total. The Hall–Kier alpha value is -1.14. The third kappa shape index (κ3) is 3.68. The average molecular weight is 271 g/mol. The molecule has 1 aromatic rings. The summed E-state index contributed by atoms with van der Waals surface area (Å²) in [6.07, 6.45) is 4.04. The number of carbonyl (C=O) groups is 1. The second kappa shape index (κ2) is 6.70. The number of hydrogen-bond acceptors (Lipinski definition) is 4. The van der Waals surface area contributed by atoms with E-state index < -0.39 is 5.54 Å². The third-order valence-electron chi connectivity index (χ3n) is 3.16. The number of aliphatic hydroxyl groups excluding tert-OH is 1. The van der Waals surface area contributed by atoms with Gasteiger partial charge in [-0.1, -0.05) is 20.8 Å². The van der Waals surface area contributed by atoms with Crippen molar-refractivity contribution in [2.45, 2.75) is 45.6 Å². The van der Waals surface area contributed by atoms with E-state index in [2.05, 4.69) is 15.6 Å². The van der Waals surface area contributed by atoms with Crippen molar-refractivity contribution < 1.29 is 9.90 Å². The number of urea groups is 1. The number of anilines is 1. The minimum Gasteiger partial charge on any atom is -0.394 e. The number of aryl methyl sites for hydroxylation is 1. The van der Waals surface area contributed by atoms with Gasteiger partial charge in [0.25, 0.3) is 0 Å². The molecule has 1 aromatic heterocycles. The molecule has 1 rings (SSSR count). The first kappa shape index (κ1) is 14.9. The Kier molecular flexibility index (Phi) is 5.55. The van der Waals surface area contributed by atoms with Crippen LogP contribution >= 0.6 is 11.3 Å². The number of thiazole rings is 1. The topological polar surface area (TPSA) is 74.2 Å². The van der Waals surface area contributed by atoms with Crippen molar-refractivity contribution in [1.82, 2.24) is 10.3 Å². The lowest BCUT2D eigenvalue weighted by Crippen LogP contribution is -2.51. The summed E-state index contributed by atoms with van der Waals surface area (Å²) in [6.45, 7) is 5.87. The second-order valence-corrected chi connectivity index (χ2v) is 5.33. The van der Waals surface area contributed by atoms with Gasteiger partial charge in [-0.15, -0.1) is 11.3 Å². The van der Waals surface area contributed by atoms with Crippen LogP contribution in [0.5, 0.6) is 0 Å². The van der Waals surface area contributed by atoms with Crippen LogP contribution in [0, 0.1) is 0 Å². The number of nitrogens with one attached hydrogen (secondary N) is 2. The van der Waals surface area contributed by atoms with Gasteiger partial charge in [-0.2, -0.15) is 0 Å². The lowest BCUT2D eigenvalue weighted by Gasteiger charge is -2.30. The van der Waals surface area contributed by atoms with E-state index >= 15 is 0 Å². The van der Waals surface area contributed by atoms with Crippen LogP contribution in [0.25, 0.3) is 0 Å². The smallest absolute Gasteiger partial charge is 0.321 e. The molecule has 0 aliphatic carbocycles. The summed E-state index contributed by atoms with van der Waals surface area (Å²) in [5, 5.41) is 15.5. The minimum atomic E-state index is -0.547. The van der Waals surface area contributed by atoms with Crippen molar-refractivity contribution in [2.24, 2.45) is 0 Å². The highest BCUT2D eigenvalue weighted by Gasteiger charge is 2.27. The predicted molar refractivity (Wildman–Crippen MR) is 74.0 cm³/mol. The van der Waals surface area contributed by atoms with Crippen molar-refractivity contribution >= 4 is 22.5 Å². The predicted octanol–water partition coefficient (Wildman–Crippen LogP) is 2.38. The molecule has 2 amide bonds. The fourth-order valence-corrected chi connectivity index (χ4v) is 2.34. The molecule has 0 saturated carbocycles. The zero-order chi connectivity index (χ0) is 13.6. The van der Waals surface area contributed by atoms with Gasteiger partial charge in [0.1, 0.15) is 0 Å². The van der Waals surface area contributed by atoms with Gasteiger partial charge in [0, 0.05) is 11.1 Å². The van der Waals surface area contributed by atoms with E-state index in [9.17, 15) is 9.90 Å². The first-order valence-electron chi connectivity index (χ1n) is 6.23. The molecule has 0 aliphatic rings. The second-order valence-electron chi connectivity index (χ2n) is 4.21. The molecule has 0 aromatic carbocycles. The lowest BCUT2D eigenvalue weighted by atomic mass is 9.94. The van der Waals surface area contributed by atoms with Crippen molar-refractivity contribution in [3.8, 4) is 0 Å². The Morgan fingerprint density at radius 3 is 2.56 bits per heavy atom. The van der Waals surface area contributed by atoms with Crippen molar-refractivity contribution in [3.63, 3.8) is 0 Å². The highest BCUT2D eigenvalue weighted by atomic mass is 32.1. The molecular formula is C12H21N3O2S. The molecule has 5 nitrogen and oxygen atoms in total. The standard InChI is InChI=1S/C12H21N3O2S/c1-4-9-7-13-11(18-9)14-10(17)15-12(5-2,6-3)8-16/h7,16H,4-6,8H2,1-3H3,(H2,13,14,15,17). The quantitative estimate of drug-likeness (QED) is 0.743. The maximum atomic E-state index is 11.8. The molecule has 0 fully saturated rings. The SMILES string of the molecule is CCc1cnc(NC(=O)NC(CC)(CC)CO)s1. The summed E-state index contributed by atoms with van der Waals surface area (Å²) >= 11 is 1.46. The van der Waals surface area contributed by atoms with Crippen LogP contribution in [0.2, 0.25) is 0 Å². The number of aliphatic hydroxyl groups is 1. The molecule has 18 heavy (non-hydrogen) atoms. The molecule has 1 heterocycles. The molecule has 6 heteroatoms. The monoisotopic (exact) mass is 271 g/mol. The largest absolute Gasteiger partial charge is 0.394 e. The van der Waals surface area contributed by atoms with Crippen LogP contribution in [-0.2, 0) is 6.42 Å². The molecule has 0 spiro atoms. The maximum absolute atomic E-state index is 11.8. The molecule has 0 saturated heterocycles. The number of hydrogen-bond donors (Lipinski definition) is 3. The molecule has 0 unspecified atom stereocenters. The summed E-state index contributed by atoms with van der Waals surface area (Å²) in [4.78, 5) is 17.1. The van der Waals surface area contributed by atoms with E-state index in [-0.39, 0.29) is 12.6 Å². The summed E-state index contributed by atoms with van der Waals surface area (Å²) in [7, 11) is 0. The van der Waals surface area contributed by atoms with Crippen LogP contribution in [0.4, 0.5) is 9.93 Å². The number of carbonyl (C=O) groups excluding carboxylic acids is 1. The van der Waals surface area contributed by atoms with Crippen molar-refractivity contribution in [1.29, 1.82) is 0 Å². The van der Waals surface area contributed by atoms with Gasteiger partial charge in [0.2, 0.25) is 0 Å². The van der Waals surface area contributed by atoms with Gasteiger partial charge in [-0.25, -0.2) is 9.78 Å². The Labute approximate surface area is 112 Å². The van der Waals surface area contributed by atoms with Gasteiger partial charge in [-0.05, 0) is 19.3 Å². The first-order valence-corrected chi connectivity index (χ1v) is 7.05. The Bertz CT molecular complexity index is 380. The average Bonchev–Trinajstić information content (AvgIpc) is 2.83. The number of rotatable bonds is 6. The number of nitrogens with zero attached hydrogens (tertiary/aromatic N) is 1. The van der Waals surface area contributed by atoms with Gasteiger partial charge < -0.3 is 10.4 Å². The van der Waals surface area contributed by atoms with Crippen LogP contribution < -0.4 is 10.6 Å². The van der Waals surface area contributed by atoms with E-state index in [4.69, 9.17) is 0 Å². The molecule has 0 aliphatic heterocycles. The van der Waals surface area contributed by atoms with Gasteiger partial charge in [0.15, 0.2) is 5.13 Å². The molecular weight excluding hydrogens is 250 g/mol. The van der Waals surface area contributed by atoms with Gasteiger partial charge in [0.05, 0.1) is 12.1 Å². The first-order chi connectivity index (χ1) is 8.59. The molecule has 0 radical (unpaired) electrons. The normalized spacial score (nSPS) is 11.3. The Morgan fingerprint density at radius 2 is 2.11 bits per heavy atom. The van der Waals surface area contributed by atoms with E-state index in [1.165, 1.54) is 11.3 Å². The maximum Gasteiger partial charge on any atom is 0.321 e. The highest BCUT2D eigenvalue weighted by molar-refractivity contribution is 7.15. The minimum absolute atomic E-state index is 0.0640. The van der Waals surface area contributed by atoms with Crippen LogP contribution in [0.15, 0.2) is 6.20 Å². The summed E-state index contributed by atoms with van der Waals surface area (Å²) in [6, 6.07) is -0.315. The Balaban J connectivity index is 2.60. The zero-order valence-corrected chi connectivity index (χ0v) is 11.9. The summed E-state index contributed by atoms with van der Waals surface area (Å²) < 4.78 is 0. The Morgan fingerprint density at radius 1 is 1.44 bits per heavy atom. The van der Waals surface area contributed by atoms with E-state index in [1.54, 1.807) is 6.20 Å².